The van der Waals surface area contributed by atoms with Gasteiger partial charge in [0.15, 0.2) is 0 Å². The lowest BCUT2D eigenvalue weighted by Crippen LogP contribution is -2.48. The van der Waals surface area contributed by atoms with E-state index in [9.17, 15) is 0 Å². The van der Waals surface area contributed by atoms with E-state index in [1.807, 2.05) is 0 Å². The molecule has 0 aliphatic heterocycles. The molecule has 2 nitrogen and oxygen atoms in total. The van der Waals surface area contributed by atoms with Crippen LogP contribution in [-0.2, 0) is 0 Å². The molecule has 90 valence electrons. The van der Waals surface area contributed by atoms with Crippen molar-refractivity contribution < 1.29 is 0 Å². The molecule has 0 aromatic carbocycles. The molecule has 1 aliphatic rings. The Morgan fingerprint density at radius 1 is 1.07 bits per heavy atom. The van der Waals surface area contributed by atoms with Gasteiger partial charge in [-0.25, -0.2) is 0 Å². The van der Waals surface area contributed by atoms with E-state index in [-0.39, 0.29) is 0 Å². The highest BCUT2D eigenvalue weighted by molar-refractivity contribution is 4.83. The second kappa shape index (κ2) is 7.24. The minimum absolute atomic E-state index is 0.722. The molecule has 1 aliphatic carbocycles. The number of nitrogens with one attached hydrogen (secondary N) is 1. The summed E-state index contributed by atoms with van der Waals surface area (Å²) >= 11 is 0. The van der Waals surface area contributed by atoms with Crippen LogP contribution in [0.2, 0.25) is 0 Å². The second-order valence-electron chi connectivity index (χ2n) is 5.08. The molecule has 0 spiro atoms. The van der Waals surface area contributed by atoms with Crippen LogP contribution in [-0.4, -0.2) is 37.6 Å². The standard InChI is InChI=1S/C13H28N2/c1-4-11-14-12-9-7-5-6-8-10-13(12)15(2)3/h12-14H,4-11H2,1-3H3. The van der Waals surface area contributed by atoms with Crippen LogP contribution >= 0.6 is 0 Å². The first-order valence-corrected chi connectivity index (χ1v) is 6.65. The van der Waals surface area contributed by atoms with Gasteiger partial charge in [0.1, 0.15) is 0 Å². The van der Waals surface area contributed by atoms with E-state index in [4.69, 9.17) is 0 Å². The number of rotatable bonds is 4. The van der Waals surface area contributed by atoms with Crippen molar-refractivity contribution in [3.05, 3.63) is 0 Å². The van der Waals surface area contributed by atoms with Crippen LogP contribution in [0.1, 0.15) is 51.9 Å². The van der Waals surface area contributed by atoms with Crippen LogP contribution < -0.4 is 5.32 Å². The smallest absolute Gasteiger partial charge is 0.0243 e. The fourth-order valence-corrected chi connectivity index (χ4v) is 2.65. The number of nitrogens with zero attached hydrogens (tertiary/aromatic N) is 1. The van der Waals surface area contributed by atoms with Crippen molar-refractivity contribution in [3.8, 4) is 0 Å². The molecule has 1 saturated carbocycles. The van der Waals surface area contributed by atoms with Gasteiger partial charge >= 0.3 is 0 Å². The summed E-state index contributed by atoms with van der Waals surface area (Å²) in [6, 6.07) is 1.47. The zero-order valence-corrected chi connectivity index (χ0v) is 10.8. The molecule has 1 fully saturated rings. The van der Waals surface area contributed by atoms with E-state index >= 15 is 0 Å². The van der Waals surface area contributed by atoms with E-state index in [1.165, 1.54) is 51.5 Å². The van der Waals surface area contributed by atoms with Crippen molar-refractivity contribution in [2.75, 3.05) is 20.6 Å². The monoisotopic (exact) mass is 212 g/mol. The van der Waals surface area contributed by atoms with Crippen LogP contribution in [0.3, 0.4) is 0 Å². The average Bonchev–Trinajstić information content (AvgIpc) is 2.15. The first kappa shape index (κ1) is 13.0. The maximum absolute atomic E-state index is 3.73. The Labute approximate surface area is 95.4 Å². The van der Waals surface area contributed by atoms with Gasteiger partial charge in [-0.1, -0.05) is 32.6 Å². The summed E-state index contributed by atoms with van der Waals surface area (Å²) in [6.45, 7) is 3.43. The van der Waals surface area contributed by atoms with E-state index in [0.717, 1.165) is 12.1 Å². The van der Waals surface area contributed by atoms with Crippen molar-refractivity contribution in [3.63, 3.8) is 0 Å². The van der Waals surface area contributed by atoms with E-state index < -0.39 is 0 Å². The summed E-state index contributed by atoms with van der Waals surface area (Å²) in [5.41, 5.74) is 0. The van der Waals surface area contributed by atoms with Gasteiger partial charge < -0.3 is 10.2 Å². The Morgan fingerprint density at radius 3 is 2.33 bits per heavy atom. The van der Waals surface area contributed by atoms with Crippen molar-refractivity contribution in [1.82, 2.24) is 10.2 Å². The SMILES string of the molecule is CCCNC1CCCCCCC1N(C)C. The molecule has 0 amide bonds. The lowest BCUT2D eigenvalue weighted by atomic mass is 9.91. The average molecular weight is 212 g/mol. The van der Waals surface area contributed by atoms with Gasteiger partial charge in [0.25, 0.3) is 0 Å². The predicted octanol–water partition coefficient (Wildman–Crippen LogP) is 2.64. The quantitative estimate of drug-likeness (QED) is 0.770. The number of likely N-dealkylation sites (N-methyl/N-ethyl adjacent to an activating group) is 1. The molecular weight excluding hydrogens is 184 g/mol. The molecule has 1 rings (SSSR count). The van der Waals surface area contributed by atoms with Gasteiger partial charge in [-0.15, -0.1) is 0 Å². The lowest BCUT2D eigenvalue weighted by Gasteiger charge is -2.34. The largest absolute Gasteiger partial charge is 0.312 e. The molecule has 0 saturated heterocycles. The molecule has 0 aromatic rings. The Bertz CT molecular complexity index is 155. The third-order valence-corrected chi connectivity index (χ3v) is 3.55. The minimum atomic E-state index is 0.722. The summed E-state index contributed by atoms with van der Waals surface area (Å²) < 4.78 is 0. The van der Waals surface area contributed by atoms with Crippen molar-refractivity contribution in [2.45, 2.75) is 64.0 Å². The van der Waals surface area contributed by atoms with Crippen molar-refractivity contribution in [1.29, 1.82) is 0 Å². The highest BCUT2D eigenvalue weighted by Crippen LogP contribution is 2.20. The molecule has 2 unspecified atom stereocenters. The zero-order valence-electron chi connectivity index (χ0n) is 10.8. The highest BCUT2D eigenvalue weighted by Gasteiger charge is 2.23. The van der Waals surface area contributed by atoms with Gasteiger partial charge in [-0.3, -0.25) is 0 Å². The Balaban J connectivity index is 2.48. The summed E-state index contributed by atoms with van der Waals surface area (Å²) in [4.78, 5) is 2.42. The molecule has 2 heteroatoms. The van der Waals surface area contributed by atoms with Crippen molar-refractivity contribution >= 4 is 0 Å². The fourth-order valence-electron chi connectivity index (χ4n) is 2.65. The first-order valence-electron chi connectivity index (χ1n) is 6.65. The Morgan fingerprint density at radius 2 is 1.73 bits per heavy atom. The summed E-state index contributed by atoms with van der Waals surface area (Å²) in [5.74, 6) is 0. The van der Waals surface area contributed by atoms with Gasteiger partial charge in [-0.05, 0) is 39.9 Å². The molecule has 0 aromatic heterocycles. The molecule has 15 heavy (non-hydrogen) atoms. The Kier molecular flexibility index (Phi) is 6.26. The second-order valence-corrected chi connectivity index (χ2v) is 5.08. The van der Waals surface area contributed by atoms with Gasteiger partial charge in [0.2, 0.25) is 0 Å². The predicted molar refractivity (Wildman–Crippen MR) is 67.3 cm³/mol. The molecular formula is C13H28N2. The minimum Gasteiger partial charge on any atom is -0.312 e. The van der Waals surface area contributed by atoms with Gasteiger partial charge in [0, 0.05) is 12.1 Å². The molecule has 2 atom stereocenters. The maximum atomic E-state index is 3.73. The first-order chi connectivity index (χ1) is 7.25. The topological polar surface area (TPSA) is 15.3 Å². The van der Waals surface area contributed by atoms with Gasteiger partial charge in [-0.2, -0.15) is 0 Å². The number of hydrogen-bond acceptors (Lipinski definition) is 2. The van der Waals surface area contributed by atoms with Crippen LogP contribution in [0.5, 0.6) is 0 Å². The highest BCUT2D eigenvalue weighted by atomic mass is 15.1. The zero-order chi connectivity index (χ0) is 11.1. The molecule has 0 heterocycles. The fraction of sp³-hybridized carbons (Fsp3) is 1.00. The summed E-state index contributed by atoms with van der Waals surface area (Å²) in [5, 5.41) is 3.73. The lowest BCUT2D eigenvalue weighted by molar-refractivity contribution is 0.192. The van der Waals surface area contributed by atoms with Crippen LogP contribution in [0.4, 0.5) is 0 Å². The van der Waals surface area contributed by atoms with Crippen LogP contribution in [0.15, 0.2) is 0 Å². The van der Waals surface area contributed by atoms with E-state index in [1.54, 1.807) is 0 Å². The van der Waals surface area contributed by atoms with Gasteiger partial charge in [0.05, 0.1) is 0 Å². The third kappa shape index (κ3) is 4.52. The summed E-state index contributed by atoms with van der Waals surface area (Å²) in [7, 11) is 4.46. The van der Waals surface area contributed by atoms with Crippen LogP contribution in [0.25, 0.3) is 0 Å². The van der Waals surface area contributed by atoms with Crippen molar-refractivity contribution in [2.24, 2.45) is 0 Å². The molecule has 0 bridgehead atoms. The van der Waals surface area contributed by atoms with Crippen LogP contribution in [0, 0.1) is 0 Å². The molecule has 1 N–H and O–H groups in total. The van der Waals surface area contributed by atoms with E-state index in [2.05, 4.69) is 31.2 Å². The third-order valence-electron chi connectivity index (χ3n) is 3.55. The van der Waals surface area contributed by atoms with E-state index in [0.29, 0.717) is 0 Å². The number of hydrogen-bond donors (Lipinski definition) is 1. The summed E-state index contributed by atoms with van der Waals surface area (Å²) in [6.07, 6.45) is 9.67. The molecule has 0 radical (unpaired) electrons. The normalized spacial score (nSPS) is 28.8. The Hall–Kier alpha value is -0.0800. The maximum Gasteiger partial charge on any atom is 0.0243 e.